The Morgan fingerprint density at radius 3 is 2.62 bits per heavy atom. The molecule has 0 atom stereocenters. The zero-order chi connectivity index (χ0) is 22.8. The van der Waals surface area contributed by atoms with Crippen LogP contribution in [0.25, 0.3) is 17.4 Å². The Morgan fingerprint density at radius 1 is 1.19 bits per heavy atom. The topological polar surface area (TPSA) is 114 Å². The lowest BCUT2D eigenvalue weighted by atomic mass is 10.1. The van der Waals surface area contributed by atoms with Crippen molar-refractivity contribution in [3.8, 4) is 11.3 Å². The summed E-state index contributed by atoms with van der Waals surface area (Å²) in [5, 5.41) is 10.5. The van der Waals surface area contributed by atoms with Crippen LogP contribution in [0.15, 0.2) is 39.7 Å². The molecule has 3 heterocycles. The van der Waals surface area contributed by atoms with E-state index in [2.05, 4.69) is 0 Å². The summed E-state index contributed by atoms with van der Waals surface area (Å²) in [5.41, 5.74) is 1.19. The van der Waals surface area contributed by atoms with E-state index in [4.69, 9.17) is 4.42 Å². The fourth-order valence-corrected chi connectivity index (χ4v) is 4.56. The number of nitrogens with zero attached hydrogens (tertiary/aromatic N) is 3. The molecule has 2 aliphatic heterocycles. The molecule has 0 radical (unpaired) electrons. The smallest absolute Gasteiger partial charge is 0.294 e. The number of rotatable bonds is 5. The Balaban J connectivity index is 1.48. The van der Waals surface area contributed by atoms with E-state index in [1.165, 1.54) is 12.1 Å². The van der Waals surface area contributed by atoms with Crippen molar-refractivity contribution in [1.29, 1.82) is 0 Å². The summed E-state index contributed by atoms with van der Waals surface area (Å²) in [4.78, 5) is 50.9. The number of hydrogen-bond donors (Lipinski definition) is 0. The number of carbonyl (C=O) groups excluding carboxylic acids is 3. The lowest BCUT2D eigenvalue weighted by Gasteiger charge is -2.27. The summed E-state index contributed by atoms with van der Waals surface area (Å²) in [6, 6.07) is 8.00. The quantitative estimate of drug-likeness (QED) is 0.377. The molecule has 3 amide bonds. The Bertz CT molecular complexity index is 1130. The average molecular weight is 455 g/mol. The fraction of sp³-hybridized carbons (Fsp3) is 0.318. The molecule has 166 valence electrons. The van der Waals surface area contributed by atoms with E-state index in [0.717, 1.165) is 35.9 Å². The van der Waals surface area contributed by atoms with E-state index in [1.807, 2.05) is 0 Å². The summed E-state index contributed by atoms with van der Waals surface area (Å²) < 4.78 is 5.77. The standard InChI is InChI=1S/C22H21N3O6S/c1-14-11-15(5-7-17(14)25(29)30)18-8-6-16(31-18)12-19-21(27)24(22(28)32-19)13-20(26)23-9-3-2-4-10-23/h5-8,11-12H,2-4,9-10,13H2,1H3/b19-12-. The number of carbonyl (C=O) groups is 3. The average Bonchev–Trinajstić information content (AvgIpc) is 3.34. The number of hydrogen-bond acceptors (Lipinski definition) is 7. The molecule has 4 rings (SSSR count). The van der Waals surface area contributed by atoms with Gasteiger partial charge in [0.2, 0.25) is 5.91 Å². The van der Waals surface area contributed by atoms with Crippen LogP contribution in [-0.2, 0) is 9.59 Å². The summed E-state index contributed by atoms with van der Waals surface area (Å²) in [6.45, 7) is 2.70. The molecular formula is C22H21N3O6S. The molecule has 9 nitrogen and oxygen atoms in total. The molecule has 32 heavy (non-hydrogen) atoms. The van der Waals surface area contributed by atoms with Gasteiger partial charge in [-0.3, -0.25) is 29.4 Å². The highest BCUT2D eigenvalue weighted by Crippen LogP contribution is 2.34. The van der Waals surface area contributed by atoms with Crippen molar-refractivity contribution in [3.05, 3.63) is 56.7 Å². The zero-order valence-electron chi connectivity index (χ0n) is 17.4. The first-order chi connectivity index (χ1) is 15.3. The van der Waals surface area contributed by atoms with Crippen LogP contribution in [0, 0.1) is 17.0 Å². The molecule has 2 aromatic rings. The van der Waals surface area contributed by atoms with E-state index >= 15 is 0 Å². The molecule has 0 unspecified atom stereocenters. The fourth-order valence-electron chi connectivity index (χ4n) is 3.74. The van der Waals surface area contributed by atoms with Crippen LogP contribution < -0.4 is 0 Å². The number of aryl methyl sites for hydroxylation is 1. The number of piperidine rings is 1. The first kappa shape index (κ1) is 21.8. The minimum Gasteiger partial charge on any atom is -0.457 e. The molecule has 1 aromatic carbocycles. The zero-order valence-corrected chi connectivity index (χ0v) is 18.2. The lowest BCUT2D eigenvalue weighted by Crippen LogP contribution is -2.44. The molecule has 1 aromatic heterocycles. The molecule has 0 N–H and O–H groups in total. The second-order valence-electron chi connectivity index (χ2n) is 7.67. The molecule has 0 bridgehead atoms. The number of thioether (sulfide) groups is 1. The summed E-state index contributed by atoms with van der Waals surface area (Å²) in [7, 11) is 0. The highest BCUT2D eigenvalue weighted by Gasteiger charge is 2.37. The van der Waals surface area contributed by atoms with Gasteiger partial charge in [-0.25, -0.2) is 0 Å². The van der Waals surface area contributed by atoms with Crippen molar-refractivity contribution >= 4 is 40.6 Å². The molecule has 0 spiro atoms. The van der Waals surface area contributed by atoms with E-state index in [-0.39, 0.29) is 23.0 Å². The van der Waals surface area contributed by atoms with Gasteiger partial charge >= 0.3 is 0 Å². The Morgan fingerprint density at radius 2 is 1.94 bits per heavy atom. The SMILES string of the molecule is Cc1cc(-c2ccc(/C=C3\SC(=O)N(CC(=O)N4CCCCC4)C3=O)o2)ccc1[N+](=O)[O-]. The third kappa shape index (κ3) is 4.45. The highest BCUT2D eigenvalue weighted by molar-refractivity contribution is 8.18. The third-order valence-corrected chi connectivity index (χ3v) is 6.36. The van der Waals surface area contributed by atoms with Crippen molar-refractivity contribution in [2.75, 3.05) is 19.6 Å². The van der Waals surface area contributed by atoms with E-state index in [1.54, 1.807) is 36.1 Å². The second-order valence-corrected chi connectivity index (χ2v) is 8.66. The van der Waals surface area contributed by atoms with Gasteiger partial charge in [-0.1, -0.05) is 0 Å². The molecule has 10 heteroatoms. The number of amides is 3. The Hall–Kier alpha value is -3.40. The Kier molecular flexibility index (Phi) is 6.13. The van der Waals surface area contributed by atoms with Crippen molar-refractivity contribution in [2.24, 2.45) is 0 Å². The summed E-state index contributed by atoms with van der Waals surface area (Å²) in [5.74, 6) is 0.106. The first-order valence-corrected chi connectivity index (χ1v) is 11.0. The van der Waals surface area contributed by atoms with Crippen molar-refractivity contribution in [2.45, 2.75) is 26.2 Å². The van der Waals surface area contributed by atoms with Crippen LogP contribution in [0.5, 0.6) is 0 Å². The maximum absolute atomic E-state index is 12.7. The number of benzene rings is 1. The van der Waals surface area contributed by atoms with Gasteiger partial charge in [0.15, 0.2) is 0 Å². The number of likely N-dealkylation sites (tertiary alicyclic amines) is 1. The number of furan rings is 1. The number of nitro benzene ring substituents is 1. The first-order valence-electron chi connectivity index (χ1n) is 10.2. The second kappa shape index (κ2) is 8.99. The predicted octanol–water partition coefficient (Wildman–Crippen LogP) is 4.21. The minimum atomic E-state index is -0.519. The maximum Gasteiger partial charge on any atom is 0.294 e. The van der Waals surface area contributed by atoms with Crippen LogP contribution in [0.4, 0.5) is 10.5 Å². The van der Waals surface area contributed by atoms with Crippen molar-refractivity contribution in [3.63, 3.8) is 0 Å². The van der Waals surface area contributed by atoms with Crippen LogP contribution >= 0.6 is 11.8 Å². The molecule has 0 saturated carbocycles. The lowest BCUT2D eigenvalue weighted by molar-refractivity contribution is -0.385. The van der Waals surface area contributed by atoms with Crippen LogP contribution in [0.2, 0.25) is 0 Å². The van der Waals surface area contributed by atoms with Crippen molar-refractivity contribution < 1.29 is 23.7 Å². The minimum absolute atomic E-state index is 0.0216. The largest absolute Gasteiger partial charge is 0.457 e. The predicted molar refractivity (Wildman–Crippen MR) is 119 cm³/mol. The van der Waals surface area contributed by atoms with Gasteiger partial charge in [0, 0.05) is 36.4 Å². The highest BCUT2D eigenvalue weighted by atomic mass is 32.2. The van der Waals surface area contributed by atoms with E-state index in [9.17, 15) is 24.5 Å². The summed E-state index contributed by atoms with van der Waals surface area (Å²) in [6.07, 6.45) is 4.42. The number of nitro groups is 1. The third-order valence-electron chi connectivity index (χ3n) is 5.45. The monoisotopic (exact) mass is 455 g/mol. The molecular weight excluding hydrogens is 434 g/mol. The van der Waals surface area contributed by atoms with Crippen LogP contribution in [0.1, 0.15) is 30.6 Å². The normalized spacial score (nSPS) is 18.0. The van der Waals surface area contributed by atoms with Crippen LogP contribution in [0.3, 0.4) is 0 Å². The van der Waals surface area contributed by atoms with Gasteiger partial charge in [0.05, 0.1) is 9.83 Å². The van der Waals surface area contributed by atoms with Crippen LogP contribution in [-0.4, -0.2) is 51.4 Å². The van der Waals surface area contributed by atoms with Gasteiger partial charge in [0.25, 0.3) is 16.8 Å². The molecule has 2 saturated heterocycles. The van der Waals surface area contributed by atoms with Gasteiger partial charge in [-0.05, 0) is 62.2 Å². The Labute approximate surface area is 188 Å². The molecule has 0 aliphatic carbocycles. The molecule has 2 fully saturated rings. The van der Waals surface area contributed by atoms with Crippen molar-refractivity contribution in [1.82, 2.24) is 9.80 Å². The maximum atomic E-state index is 12.7. The molecule has 2 aliphatic rings. The number of imide groups is 1. The van der Waals surface area contributed by atoms with Gasteiger partial charge in [-0.2, -0.15) is 0 Å². The van der Waals surface area contributed by atoms with Gasteiger partial charge < -0.3 is 9.32 Å². The van der Waals surface area contributed by atoms with E-state index in [0.29, 0.717) is 35.7 Å². The van der Waals surface area contributed by atoms with E-state index < -0.39 is 16.1 Å². The summed E-state index contributed by atoms with van der Waals surface area (Å²) >= 11 is 0.771. The van der Waals surface area contributed by atoms with Gasteiger partial charge in [-0.15, -0.1) is 0 Å². The van der Waals surface area contributed by atoms with Gasteiger partial charge in [0.1, 0.15) is 18.1 Å².